The predicted molar refractivity (Wildman–Crippen MR) is 145 cm³/mol. The normalized spacial score (nSPS) is 13.9. The molecule has 2 amide bonds. The van der Waals surface area contributed by atoms with Crippen LogP contribution >= 0.6 is 11.3 Å². The van der Waals surface area contributed by atoms with Crippen molar-refractivity contribution in [1.29, 1.82) is 5.41 Å². The minimum atomic E-state index is -5.08. The van der Waals surface area contributed by atoms with Crippen molar-refractivity contribution in [2.75, 3.05) is 0 Å². The Labute approximate surface area is 246 Å². The summed E-state index contributed by atoms with van der Waals surface area (Å²) in [7, 11) is 0. The predicted octanol–water partition coefficient (Wildman–Crippen LogP) is 3.66. The molecule has 2 aromatic rings. The number of nitrogen functional groups attached to an aromatic ring is 1. The van der Waals surface area contributed by atoms with E-state index in [2.05, 4.69) is 5.32 Å². The molecule has 0 unspecified atom stereocenters. The quantitative estimate of drug-likeness (QED) is 0.0968. The van der Waals surface area contributed by atoms with Gasteiger partial charge in [0.1, 0.15) is 22.5 Å². The number of ether oxygens (including phenoxy) is 1. The Morgan fingerprint density at radius 2 is 1.60 bits per heavy atom. The molecule has 0 bridgehead atoms. The smallest absolute Gasteiger partial charge is 0.481 e. The molecule has 0 spiro atoms. The first kappa shape index (κ1) is 34.5. The summed E-state index contributed by atoms with van der Waals surface area (Å²) in [5.41, 5.74) is 5.93. The van der Waals surface area contributed by atoms with Crippen molar-refractivity contribution in [1.82, 2.24) is 10.2 Å². The first-order valence-electron chi connectivity index (χ1n) is 12.7. The molecule has 7 N–H and O–H groups in total. The van der Waals surface area contributed by atoms with E-state index in [-0.39, 0.29) is 18.4 Å². The maximum absolute atomic E-state index is 13.0. The number of hydrogen-bond donors (Lipinski definition) is 6. The van der Waals surface area contributed by atoms with Crippen molar-refractivity contribution in [3.63, 3.8) is 0 Å². The number of carbonyl (C=O) groups excluding carboxylic acids is 2. The van der Waals surface area contributed by atoms with Gasteiger partial charge in [-0.3, -0.25) is 10.2 Å². The molecule has 234 valence electrons. The van der Waals surface area contributed by atoms with Gasteiger partial charge in [0.2, 0.25) is 0 Å². The van der Waals surface area contributed by atoms with E-state index in [0.29, 0.717) is 21.1 Å². The summed E-state index contributed by atoms with van der Waals surface area (Å²) < 4.78 is 37.1. The number of aliphatic carboxylic acids is 3. The summed E-state index contributed by atoms with van der Waals surface area (Å²) in [6.07, 6.45) is -1.42. The zero-order chi connectivity index (χ0) is 32.3. The summed E-state index contributed by atoms with van der Waals surface area (Å²) in [6, 6.07) is 7.17. The standard InChI is InChI=1S/C24H28N4O7S.C2HF3O2/c25-21(26)14-6-8-16(9-7-14)35-23(33)19-11-10-17(36-19)13-28(15-4-2-1-3-5-15)24(34)27-18(22(31)32)12-20(29)30;3-2(4,5)1(6)7/h6-11,15,18H,1-5,12-13H2,(H3,25,26)(H,27,34)(H,29,30)(H,31,32);(H,6,7)/t18-;/m0./s1. The summed E-state index contributed by atoms with van der Waals surface area (Å²) in [5, 5.41) is 35.2. The average Bonchev–Trinajstić information content (AvgIpc) is 3.40. The molecule has 1 saturated carbocycles. The number of amides is 2. The van der Waals surface area contributed by atoms with Crippen LogP contribution in [0.3, 0.4) is 0 Å². The van der Waals surface area contributed by atoms with E-state index in [1.54, 1.807) is 24.3 Å². The Kier molecular flexibility index (Phi) is 12.5. The third-order valence-electron chi connectivity index (χ3n) is 6.06. The number of nitrogens with zero attached hydrogens (tertiary/aromatic N) is 1. The number of halogens is 3. The van der Waals surface area contributed by atoms with Crippen molar-refractivity contribution in [2.24, 2.45) is 5.73 Å². The number of rotatable bonds is 10. The topological polar surface area (TPSA) is 220 Å². The third kappa shape index (κ3) is 11.3. The Morgan fingerprint density at radius 1 is 1.02 bits per heavy atom. The second-order valence-corrected chi connectivity index (χ2v) is 10.4. The average molecular weight is 631 g/mol. The summed E-state index contributed by atoms with van der Waals surface area (Å²) in [5.74, 6) is -5.90. The second-order valence-electron chi connectivity index (χ2n) is 9.25. The van der Waals surface area contributed by atoms with Crippen molar-refractivity contribution >= 4 is 47.1 Å². The molecule has 0 saturated heterocycles. The minimum Gasteiger partial charge on any atom is -0.481 e. The van der Waals surface area contributed by atoms with Gasteiger partial charge in [-0.05, 0) is 49.2 Å². The first-order chi connectivity index (χ1) is 20.1. The highest BCUT2D eigenvalue weighted by Gasteiger charge is 2.38. The Balaban J connectivity index is 0.000000821. The van der Waals surface area contributed by atoms with E-state index >= 15 is 0 Å². The Hall–Kier alpha value is -4.67. The van der Waals surface area contributed by atoms with Gasteiger partial charge in [0.25, 0.3) is 0 Å². The van der Waals surface area contributed by atoms with Gasteiger partial charge in [0.15, 0.2) is 0 Å². The number of carboxylic acids is 3. The molecule has 1 aliphatic rings. The van der Waals surface area contributed by atoms with Crippen molar-refractivity contribution in [2.45, 2.75) is 63.3 Å². The maximum Gasteiger partial charge on any atom is 0.490 e. The number of nitrogens with two attached hydrogens (primary N) is 1. The molecule has 1 aromatic carbocycles. The highest BCUT2D eigenvalue weighted by Crippen LogP contribution is 2.27. The van der Waals surface area contributed by atoms with Crippen LogP contribution in [0.2, 0.25) is 0 Å². The van der Waals surface area contributed by atoms with Crippen molar-refractivity contribution in [3.05, 3.63) is 51.7 Å². The fourth-order valence-corrected chi connectivity index (χ4v) is 4.85. The molecule has 1 aliphatic carbocycles. The van der Waals surface area contributed by atoms with Crippen LogP contribution in [0, 0.1) is 5.41 Å². The van der Waals surface area contributed by atoms with Gasteiger partial charge in [-0.1, -0.05) is 19.3 Å². The lowest BCUT2D eigenvalue weighted by atomic mass is 9.94. The van der Waals surface area contributed by atoms with E-state index in [0.717, 1.165) is 43.4 Å². The lowest BCUT2D eigenvalue weighted by molar-refractivity contribution is -0.192. The van der Waals surface area contributed by atoms with Crippen LogP contribution in [0.25, 0.3) is 0 Å². The number of hydrogen-bond acceptors (Lipinski definition) is 8. The fourth-order valence-electron chi connectivity index (χ4n) is 3.97. The van der Waals surface area contributed by atoms with Crippen LogP contribution in [0.1, 0.15) is 58.6 Å². The molecule has 1 atom stereocenters. The van der Waals surface area contributed by atoms with Crippen LogP contribution in [0.4, 0.5) is 18.0 Å². The Morgan fingerprint density at radius 3 is 2.09 bits per heavy atom. The number of carboxylic acid groups (broad SMARTS) is 3. The van der Waals surface area contributed by atoms with Gasteiger partial charge in [-0.25, -0.2) is 19.2 Å². The molecular formula is C26H29F3N4O9S. The van der Waals surface area contributed by atoms with Gasteiger partial charge in [-0.15, -0.1) is 11.3 Å². The maximum atomic E-state index is 13.0. The van der Waals surface area contributed by atoms with Crippen molar-refractivity contribution < 1.29 is 57.2 Å². The second kappa shape index (κ2) is 15.5. The monoisotopic (exact) mass is 630 g/mol. The number of esters is 1. The van der Waals surface area contributed by atoms with Crippen LogP contribution in [-0.4, -0.2) is 74.2 Å². The highest BCUT2D eigenvalue weighted by molar-refractivity contribution is 7.13. The van der Waals surface area contributed by atoms with Gasteiger partial charge in [-0.2, -0.15) is 13.2 Å². The number of thiophene rings is 1. The van der Waals surface area contributed by atoms with Crippen molar-refractivity contribution in [3.8, 4) is 5.75 Å². The lowest BCUT2D eigenvalue weighted by Crippen LogP contribution is -2.51. The van der Waals surface area contributed by atoms with E-state index in [1.165, 1.54) is 17.0 Å². The molecule has 1 fully saturated rings. The summed E-state index contributed by atoms with van der Waals surface area (Å²) >= 11 is 1.15. The van der Waals surface area contributed by atoms with Crippen LogP contribution < -0.4 is 15.8 Å². The van der Waals surface area contributed by atoms with Crippen LogP contribution in [0.5, 0.6) is 5.75 Å². The molecule has 17 heteroatoms. The Bertz CT molecular complexity index is 1330. The van der Waals surface area contributed by atoms with Crippen LogP contribution in [-0.2, 0) is 20.9 Å². The molecule has 3 rings (SSSR count). The summed E-state index contributed by atoms with van der Waals surface area (Å²) in [4.78, 5) is 59.5. The third-order valence-corrected chi connectivity index (χ3v) is 7.11. The number of nitrogens with one attached hydrogen (secondary N) is 2. The molecule has 1 aromatic heterocycles. The van der Waals surface area contributed by atoms with E-state index in [4.69, 9.17) is 30.9 Å². The van der Waals surface area contributed by atoms with Gasteiger partial charge in [0.05, 0.1) is 13.0 Å². The van der Waals surface area contributed by atoms with Gasteiger partial charge < -0.3 is 36.0 Å². The SMILES string of the molecule is N=C(N)c1ccc(OC(=O)c2ccc(CN(C(=O)N[C@@H](CC(=O)O)C(=O)O)C3CCCCC3)s2)cc1.O=C(O)C(F)(F)F. The molecular weight excluding hydrogens is 601 g/mol. The highest BCUT2D eigenvalue weighted by atomic mass is 32.1. The molecule has 0 radical (unpaired) electrons. The molecule has 43 heavy (non-hydrogen) atoms. The zero-order valence-electron chi connectivity index (χ0n) is 22.4. The molecule has 1 heterocycles. The fraction of sp³-hybridized carbons (Fsp3) is 0.385. The first-order valence-corrected chi connectivity index (χ1v) is 13.5. The zero-order valence-corrected chi connectivity index (χ0v) is 23.2. The van der Waals surface area contributed by atoms with Gasteiger partial charge >= 0.3 is 36.1 Å². The van der Waals surface area contributed by atoms with E-state index in [9.17, 15) is 37.5 Å². The number of amidine groups is 1. The lowest BCUT2D eigenvalue weighted by Gasteiger charge is -2.34. The van der Waals surface area contributed by atoms with E-state index in [1.807, 2.05) is 0 Å². The number of alkyl halides is 3. The number of carbonyl (C=O) groups is 5. The van der Waals surface area contributed by atoms with Crippen LogP contribution in [0.15, 0.2) is 36.4 Å². The molecule has 0 aliphatic heterocycles. The summed E-state index contributed by atoms with van der Waals surface area (Å²) in [6.45, 7) is 0.140. The molecule has 13 nitrogen and oxygen atoms in total. The van der Waals surface area contributed by atoms with Gasteiger partial charge in [0, 0.05) is 16.5 Å². The largest absolute Gasteiger partial charge is 0.490 e. The minimum absolute atomic E-state index is 0.0973. The van der Waals surface area contributed by atoms with E-state index < -0.39 is 48.5 Å². The number of urea groups is 1. The number of benzene rings is 1.